The number of carbonyl (C=O) groups is 2. The molecule has 0 radical (unpaired) electrons. The van der Waals surface area contributed by atoms with Crippen LogP contribution in [0.1, 0.15) is 45.4 Å². The van der Waals surface area contributed by atoms with E-state index < -0.39 is 0 Å². The number of piperidine rings is 2. The molecular formula is C15H27N3O2. The molecule has 2 rings (SSSR count). The largest absolute Gasteiger partial charge is 0.342 e. The Morgan fingerprint density at radius 3 is 1.95 bits per heavy atom. The first-order valence-corrected chi connectivity index (χ1v) is 7.98. The Hall–Kier alpha value is -1.10. The van der Waals surface area contributed by atoms with Gasteiger partial charge in [-0.25, -0.2) is 0 Å². The Kier molecular flexibility index (Phi) is 5.83. The van der Waals surface area contributed by atoms with Gasteiger partial charge in [0.1, 0.15) is 0 Å². The fourth-order valence-electron chi connectivity index (χ4n) is 2.97. The van der Waals surface area contributed by atoms with Gasteiger partial charge >= 0.3 is 0 Å². The van der Waals surface area contributed by atoms with Crippen molar-refractivity contribution in [2.24, 2.45) is 0 Å². The normalized spacial score (nSPS) is 21.6. The maximum absolute atomic E-state index is 12.2. The molecule has 114 valence electrons. The lowest BCUT2D eigenvalue weighted by Gasteiger charge is -2.30. The lowest BCUT2D eigenvalue weighted by molar-refractivity contribution is -0.134. The summed E-state index contributed by atoms with van der Waals surface area (Å²) in [7, 11) is 0. The molecular weight excluding hydrogens is 254 g/mol. The number of rotatable bonds is 4. The molecule has 1 atom stereocenters. The first kappa shape index (κ1) is 15.3. The van der Waals surface area contributed by atoms with E-state index in [1.165, 1.54) is 12.8 Å². The van der Waals surface area contributed by atoms with E-state index in [0.29, 0.717) is 0 Å². The van der Waals surface area contributed by atoms with Gasteiger partial charge in [0.15, 0.2) is 0 Å². The number of amides is 2. The van der Waals surface area contributed by atoms with Crippen molar-refractivity contribution in [2.75, 3.05) is 32.7 Å². The molecule has 1 N–H and O–H groups in total. The summed E-state index contributed by atoms with van der Waals surface area (Å²) in [6.45, 7) is 5.61. The average molecular weight is 281 g/mol. The zero-order chi connectivity index (χ0) is 14.4. The molecule has 2 heterocycles. The van der Waals surface area contributed by atoms with Gasteiger partial charge in [-0.15, -0.1) is 0 Å². The van der Waals surface area contributed by atoms with Crippen LogP contribution in [-0.2, 0) is 9.59 Å². The lowest BCUT2D eigenvalue weighted by Crippen LogP contribution is -2.50. The van der Waals surface area contributed by atoms with Crippen molar-refractivity contribution in [1.82, 2.24) is 15.1 Å². The number of carbonyl (C=O) groups excluding carboxylic acids is 2. The van der Waals surface area contributed by atoms with Gasteiger partial charge in [-0.3, -0.25) is 14.9 Å². The molecule has 0 bridgehead atoms. The monoisotopic (exact) mass is 281 g/mol. The minimum Gasteiger partial charge on any atom is -0.342 e. The average Bonchev–Trinajstić information content (AvgIpc) is 2.53. The zero-order valence-corrected chi connectivity index (χ0v) is 12.6. The van der Waals surface area contributed by atoms with E-state index in [9.17, 15) is 9.59 Å². The van der Waals surface area contributed by atoms with E-state index in [1.54, 1.807) is 0 Å². The van der Waals surface area contributed by atoms with Crippen LogP contribution in [0.15, 0.2) is 0 Å². The number of likely N-dealkylation sites (tertiary alicyclic amines) is 2. The van der Waals surface area contributed by atoms with Crippen molar-refractivity contribution in [3.63, 3.8) is 0 Å². The summed E-state index contributed by atoms with van der Waals surface area (Å²) in [5.74, 6) is 0.263. The summed E-state index contributed by atoms with van der Waals surface area (Å²) >= 11 is 0. The smallest absolute Gasteiger partial charge is 0.239 e. The van der Waals surface area contributed by atoms with Crippen LogP contribution in [0.25, 0.3) is 0 Å². The Morgan fingerprint density at radius 1 is 0.900 bits per heavy atom. The number of hydrogen-bond acceptors (Lipinski definition) is 3. The second-order valence-electron chi connectivity index (χ2n) is 5.93. The highest BCUT2D eigenvalue weighted by Gasteiger charge is 2.23. The number of hydrogen-bond donors (Lipinski definition) is 1. The second kappa shape index (κ2) is 7.62. The minimum absolute atomic E-state index is 0.128. The summed E-state index contributed by atoms with van der Waals surface area (Å²) in [6.07, 6.45) is 6.86. The van der Waals surface area contributed by atoms with Gasteiger partial charge in [0.25, 0.3) is 0 Å². The predicted octanol–water partition coefficient (Wildman–Crippen LogP) is 0.989. The molecule has 0 aromatic heterocycles. The molecule has 5 nitrogen and oxygen atoms in total. The van der Waals surface area contributed by atoms with Crippen molar-refractivity contribution in [2.45, 2.75) is 51.5 Å². The third-order valence-electron chi connectivity index (χ3n) is 4.31. The van der Waals surface area contributed by atoms with Gasteiger partial charge in [0, 0.05) is 26.2 Å². The summed E-state index contributed by atoms with van der Waals surface area (Å²) in [4.78, 5) is 28.1. The molecule has 0 aromatic rings. The van der Waals surface area contributed by atoms with Crippen molar-refractivity contribution in [3.05, 3.63) is 0 Å². The number of nitrogens with zero attached hydrogens (tertiary/aromatic N) is 2. The van der Waals surface area contributed by atoms with Crippen LogP contribution < -0.4 is 5.32 Å². The molecule has 2 amide bonds. The lowest BCUT2D eigenvalue weighted by atomic mass is 10.1. The fourth-order valence-corrected chi connectivity index (χ4v) is 2.97. The topological polar surface area (TPSA) is 52.7 Å². The third kappa shape index (κ3) is 4.20. The first-order chi connectivity index (χ1) is 9.68. The molecule has 1 unspecified atom stereocenters. The SMILES string of the molecule is CC(NCC(=O)N1CCCCC1)C(=O)N1CCCCC1. The van der Waals surface area contributed by atoms with E-state index in [-0.39, 0.29) is 24.4 Å². The van der Waals surface area contributed by atoms with Crippen molar-refractivity contribution in [1.29, 1.82) is 0 Å². The molecule has 5 heteroatoms. The summed E-state index contributed by atoms with van der Waals surface area (Å²) in [5, 5.41) is 3.09. The minimum atomic E-state index is -0.262. The van der Waals surface area contributed by atoms with Crippen LogP contribution in [0.5, 0.6) is 0 Å². The molecule has 2 aliphatic rings. The van der Waals surface area contributed by atoms with Gasteiger partial charge < -0.3 is 9.80 Å². The molecule has 2 fully saturated rings. The van der Waals surface area contributed by atoms with Crippen LogP contribution in [-0.4, -0.2) is 60.4 Å². The molecule has 2 saturated heterocycles. The maximum atomic E-state index is 12.2. The highest BCUT2D eigenvalue weighted by Crippen LogP contribution is 2.10. The third-order valence-corrected chi connectivity index (χ3v) is 4.31. The van der Waals surface area contributed by atoms with Gasteiger partial charge in [-0.2, -0.15) is 0 Å². The quantitative estimate of drug-likeness (QED) is 0.836. The highest BCUT2D eigenvalue weighted by molar-refractivity contribution is 5.83. The van der Waals surface area contributed by atoms with Crippen LogP contribution in [0.2, 0.25) is 0 Å². The summed E-state index contributed by atoms with van der Waals surface area (Å²) in [5.41, 5.74) is 0. The van der Waals surface area contributed by atoms with E-state index in [4.69, 9.17) is 0 Å². The molecule has 20 heavy (non-hydrogen) atoms. The van der Waals surface area contributed by atoms with Gasteiger partial charge in [0.05, 0.1) is 12.6 Å². The maximum Gasteiger partial charge on any atom is 0.239 e. The Morgan fingerprint density at radius 2 is 1.40 bits per heavy atom. The van der Waals surface area contributed by atoms with Gasteiger partial charge in [0.2, 0.25) is 11.8 Å². The Labute approximate surface area is 121 Å². The second-order valence-corrected chi connectivity index (χ2v) is 5.93. The van der Waals surface area contributed by atoms with E-state index in [0.717, 1.165) is 51.9 Å². The molecule has 0 aliphatic carbocycles. The fraction of sp³-hybridized carbons (Fsp3) is 0.867. The van der Waals surface area contributed by atoms with Crippen LogP contribution in [0, 0.1) is 0 Å². The Bertz CT molecular complexity index is 334. The van der Waals surface area contributed by atoms with Crippen LogP contribution >= 0.6 is 0 Å². The summed E-state index contributed by atoms with van der Waals surface area (Å²) < 4.78 is 0. The van der Waals surface area contributed by atoms with Crippen LogP contribution in [0.3, 0.4) is 0 Å². The van der Waals surface area contributed by atoms with Gasteiger partial charge in [-0.05, 0) is 45.4 Å². The van der Waals surface area contributed by atoms with Gasteiger partial charge in [-0.1, -0.05) is 0 Å². The standard InChI is InChI=1S/C15H27N3O2/c1-13(15(20)18-10-6-3-7-11-18)16-12-14(19)17-8-4-2-5-9-17/h13,16H,2-12H2,1H3. The summed E-state index contributed by atoms with van der Waals surface area (Å²) in [6, 6.07) is -0.262. The predicted molar refractivity (Wildman–Crippen MR) is 78.3 cm³/mol. The van der Waals surface area contributed by atoms with E-state index >= 15 is 0 Å². The highest BCUT2D eigenvalue weighted by atomic mass is 16.2. The zero-order valence-electron chi connectivity index (χ0n) is 12.6. The first-order valence-electron chi connectivity index (χ1n) is 7.98. The van der Waals surface area contributed by atoms with Crippen molar-refractivity contribution in [3.8, 4) is 0 Å². The number of nitrogens with one attached hydrogen (secondary N) is 1. The Balaban J connectivity index is 1.71. The molecule has 0 saturated carbocycles. The van der Waals surface area contributed by atoms with Crippen molar-refractivity contribution >= 4 is 11.8 Å². The molecule has 0 aromatic carbocycles. The molecule has 2 aliphatic heterocycles. The molecule has 0 spiro atoms. The van der Waals surface area contributed by atoms with Crippen molar-refractivity contribution < 1.29 is 9.59 Å². The van der Waals surface area contributed by atoms with Crippen LogP contribution in [0.4, 0.5) is 0 Å². The van der Waals surface area contributed by atoms with E-state index in [1.807, 2.05) is 16.7 Å². The van der Waals surface area contributed by atoms with E-state index in [2.05, 4.69) is 5.32 Å².